The van der Waals surface area contributed by atoms with Gasteiger partial charge in [-0.05, 0) is 36.3 Å². The van der Waals surface area contributed by atoms with Gasteiger partial charge in [0.15, 0.2) is 5.11 Å². The number of esters is 1. The fraction of sp³-hybridized carbons (Fsp3) is 0.158. The van der Waals surface area contributed by atoms with Crippen LogP contribution in [0.25, 0.3) is 5.70 Å². The second kappa shape index (κ2) is 7.80. The lowest BCUT2D eigenvalue weighted by atomic mass is 9.93. The number of hydrogen-bond donors (Lipinski definition) is 2. The molecule has 3 rings (SSSR count). The molecule has 6 heteroatoms. The summed E-state index contributed by atoms with van der Waals surface area (Å²) >= 11 is 8.95. The van der Waals surface area contributed by atoms with Crippen LogP contribution in [0.2, 0.25) is 0 Å². The molecule has 0 aromatic heterocycles. The quantitative estimate of drug-likeness (QED) is 0.583. The zero-order valence-corrected chi connectivity index (χ0v) is 16.0. The first-order valence-corrected chi connectivity index (χ1v) is 9.10. The molecule has 2 aromatic carbocycles. The van der Waals surface area contributed by atoms with Crippen LogP contribution in [0.5, 0.6) is 0 Å². The van der Waals surface area contributed by atoms with E-state index in [0.717, 1.165) is 15.6 Å². The highest BCUT2D eigenvalue weighted by Crippen LogP contribution is 2.35. The molecule has 128 valence electrons. The van der Waals surface area contributed by atoms with E-state index in [1.807, 2.05) is 54.6 Å². The topological polar surface area (TPSA) is 50.4 Å². The average Bonchev–Trinajstić information content (AvgIpc) is 2.62. The first-order valence-electron chi connectivity index (χ1n) is 7.90. The van der Waals surface area contributed by atoms with Crippen LogP contribution < -0.4 is 10.6 Å². The predicted molar refractivity (Wildman–Crippen MR) is 106 cm³/mol. The summed E-state index contributed by atoms with van der Waals surface area (Å²) in [5, 5.41) is 6.78. The molecule has 25 heavy (non-hydrogen) atoms. The molecule has 0 spiro atoms. The van der Waals surface area contributed by atoms with Gasteiger partial charge in [0.2, 0.25) is 0 Å². The average molecular weight is 417 g/mol. The number of carbonyl (C=O) groups is 1. The van der Waals surface area contributed by atoms with Crippen molar-refractivity contribution in [2.24, 2.45) is 0 Å². The number of nitrogens with one attached hydrogen (secondary N) is 2. The SMILES string of the molecule is CCOC(=O)C1=C(c2ccccc2)NC(=S)N[C@H]1c1ccccc1Br. The van der Waals surface area contributed by atoms with Crippen LogP contribution in [0.4, 0.5) is 0 Å². The molecule has 2 aromatic rings. The third-order valence-electron chi connectivity index (χ3n) is 3.85. The van der Waals surface area contributed by atoms with Crippen molar-refractivity contribution in [3.05, 3.63) is 75.8 Å². The van der Waals surface area contributed by atoms with Gasteiger partial charge in [-0.2, -0.15) is 0 Å². The van der Waals surface area contributed by atoms with Gasteiger partial charge in [-0.15, -0.1) is 0 Å². The lowest BCUT2D eigenvalue weighted by Gasteiger charge is -2.31. The number of benzene rings is 2. The molecule has 1 aliphatic rings. The van der Waals surface area contributed by atoms with Crippen LogP contribution in [0.15, 0.2) is 64.6 Å². The highest BCUT2D eigenvalue weighted by Gasteiger charge is 2.33. The minimum Gasteiger partial charge on any atom is -0.463 e. The Bertz CT molecular complexity index is 836. The van der Waals surface area contributed by atoms with Crippen molar-refractivity contribution < 1.29 is 9.53 Å². The van der Waals surface area contributed by atoms with Crippen LogP contribution in [-0.2, 0) is 9.53 Å². The van der Waals surface area contributed by atoms with E-state index in [-0.39, 0.29) is 5.97 Å². The van der Waals surface area contributed by atoms with E-state index >= 15 is 0 Å². The maximum Gasteiger partial charge on any atom is 0.338 e. The van der Waals surface area contributed by atoms with Crippen molar-refractivity contribution in [1.29, 1.82) is 0 Å². The third-order valence-corrected chi connectivity index (χ3v) is 4.79. The zero-order valence-electron chi connectivity index (χ0n) is 13.6. The molecule has 0 saturated carbocycles. The Balaban J connectivity index is 2.20. The molecule has 2 N–H and O–H groups in total. The Hall–Kier alpha value is -2.18. The molecular weight excluding hydrogens is 400 g/mol. The molecule has 1 atom stereocenters. The summed E-state index contributed by atoms with van der Waals surface area (Å²) in [7, 11) is 0. The van der Waals surface area contributed by atoms with Crippen LogP contribution >= 0.6 is 28.1 Å². The van der Waals surface area contributed by atoms with Crippen LogP contribution in [0.1, 0.15) is 24.1 Å². The normalized spacial score (nSPS) is 16.9. The third kappa shape index (κ3) is 3.75. The van der Waals surface area contributed by atoms with Gasteiger partial charge in [0.05, 0.1) is 23.9 Å². The monoisotopic (exact) mass is 416 g/mol. The number of thiocarbonyl (C=S) groups is 1. The number of ether oxygens (including phenoxy) is 1. The van der Waals surface area contributed by atoms with Crippen molar-refractivity contribution in [2.75, 3.05) is 6.61 Å². The van der Waals surface area contributed by atoms with Crippen LogP contribution in [-0.4, -0.2) is 17.7 Å². The van der Waals surface area contributed by atoms with Gasteiger partial charge in [0.25, 0.3) is 0 Å². The summed E-state index contributed by atoms with van der Waals surface area (Å²) in [5.41, 5.74) is 2.98. The highest BCUT2D eigenvalue weighted by molar-refractivity contribution is 9.10. The Morgan fingerprint density at radius 2 is 1.84 bits per heavy atom. The summed E-state index contributed by atoms with van der Waals surface area (Å²) < 4.78 is 6.22. The fourth-order valence-electron chi connectivity index (χ4n) is 2.77. The number of rotatable bonds is 4. The molecule has 0 amide bonds. The Morgan fingerprint density at radius 3 is 2.52 bits per heavy atom. The first-order chi connectivity index (χ1) is 12.1. The second-order valence-electron chi connectivity index (χ2n) is 5.43. The summed E-state index contributed by atoms with van der Waals surface area (Å²) in [4.78, 5) is 12.8. The van der Waals surface area contributed by atoms with Crippen molar-refractivity contribution in [3.63, 3.8) is 0 Å². The Labute approximate surface area is 160 Å². The van der Waals surface area contributed by atoms with Gasteiger partial charge in [0, 0.05) is 4.47 Å². The van der Waals surface area contributed by atoms with Crippen LogP contribution in [0.3, 0.4) is 0 Å². The van der Waals surface area contributed by atoms with Gasteiger partial charge in [-0.1, -0.05) is 64.5 Å². The molecule has 0 radical (unpaired) electrons. The largest absolute Gasteiger partial charge is 0.463 e. The van der Waals surface area contributed by atoms with Gasteiger partial charge in [-0.3, -0.25) is 0 Å². The summed E-state index contributed by atoms with van der Waals surface area (Å²) in [6.45, 7) is 2.10. The van der Waals surface area contributed by atoms with E-state index in [1.165, 1.54) is 0 Å². The first kappa shape index (κ1) is 17.6. The minimum atomic E-state index is -0.404. The molecule has 0 bridgehead atoms. The molecule has 0 aliphatic carbocycles. The second-order valence-corrected chi connectivity index (χ2v) is 6.69. The van der Waals surface area contributed by atoms with E-state index in [9.17, 15) is 4.79 Å². The summed E-state index contributed by atoms with van der Waals surface area (Å²) in [6, 6.07) is 17.0. The Morgan fingerprint density at radius 1 is 1.16 bits per heavy atom. The highest BCUT2D eigenvalue weighted by atomic mass is 79.9. The maximum atomic E-state index is 12.8. The fourth-order valence-corrected chi connectivity index (χ4v) is 3.50. The van der Waals surface area contributed by atoms with Crippen molar-refractivity contribution >= 4 is 44.9 Å². The smallest absolute Gasteiger partial charge is 0.338 e. The lowest BCUT2D eigenvalue weighted by Crippen LogP contribution is -2.45. The molecular formula is C19H17BrN2O2S. The van der Waals surface area contributed by atoms with E-state index in [4.69, 9.17) is 17.0 Å². The standard InChI is InChI=1S/C19H17BrN2O2S/c1-2-24-18(23)15-16(12-8-4-3-5-9-12)21-19(25)22-17(15)13-10-6-7-11-14(13)20/h3-11,17H,2H2,1H3,(H2,21,22,25)/t17-/m0/s1. The van der Waals surface area contributed by atoms with Crippen LogP contribution in [0, 0.1) is 0 Å². The van der Waals surface area contributed by atoms with E-state index in [2.05, 4.69) is 26.6 Å². The summed E-state index contributed by atoms with van der Waals surface area (Å²) in [5.74, 6) is -0.371. The molecule has 1 aliphatic heterocycles. The van der Waals surface area contributed by atoms with Gasteiger partial charge in [0.1, 0.15) is 0 Å². The van der Waals surface area contributed by atoms with E-state index in [0.29, 0.717) is 23.0 Å². The Kier molecular flexibility index (Phi) is 5.50. The van der Waals surface area contributed by atoms with Gasteiger partial charge >= 0.3 is 5.97 Å². The molecule has 1 heterocycles. The molecule has 0 unspecified atom stereocenters. The lowest BCUT2D eigenvalue weighted by molar-refractivity contribution is -0.138. The van der Waals surface area contributed by atoms with Crippen molar-refractivity contribution in [3.8, 4) is 0 Å². The van der Waals surface area contributed by atoms with E-state index in [1.54, 1.807) is 6.92 Å². The predicted octanol–water partition coefficient (Wildman–Crippen LogP) is 3.94. The molecule has 0 saturated heterocycles. The number of carbonyl (C=O) groups excluding carboxylic acids is 1. The van der Waals surface area contributed by atoms with Crippen molar-refractivity contribution in [2.45, 2.75) is 13.0 Å². The molecule has 0 fully saturated rings. The summed E-state index contributed by atoms with van der Waals surface area (Å²) in [6.07, 6.45) is 0. The zero-order chi connectivity index (χ0) is 17.8. The maximum absolute atomic E-state index is 12.8. The number of halogens is 1. The van der Waals surface area contributed by atoms with E-state index < -0.39 is 6.04 Å². The molecule has 4 nitrogen and oxygen atoms in total. The van der Waals surface area contributed by atoms with Gasteiger partial charge < -0.3 is 15.4 Å². The van der Waals surface area contributed by atoms with Crippen molar-refractivity contribution in [1.82, 2.24) is 10.6 Å². The minimum absolute atomic E-state index is 0.303. The van der Waals surface area contributed by atoms with Gasteiger partial charge in [-0.25, -0.2) is 4.79 Å². The number of hydrogen-bond acceptors (Lipinski definition) is 3.